The highest BCUT2D eigenvalue weighted by Crippen LogP contribution is 2.24. The molecule has 1 N–H and O–H groups in total. The van der Waals surface area contributed by atoms with E-state index >= 15 is 0 Å². The van der Waals surface area contributed by atoms with Crippen LogP contribution in [0, 0.1) is 0 Å². The molecule has 18 heavy (non-hydrogen) atoms. The van der Waals surface area contributed by atoms with Crippen molar-refractivity contribution in [1.82, 2.24) is 10.2 Å². The number of hydrogen-bond donors (Lipinski definition) is 1. The van der Waals surface area contributed by atoms with Crippen LogP contribution in [0.3, 0.4) is 0 Å². The van der Waals surface area contributed by atoms with Crippen LogP contribution in [-0.4, -0.2) is 49.3 Å². The summed E-state index contributed by atoms with van der Waals surface area (Å²) in [6.07, 6.45) is 8.55. The number of rotatable bonds is 4. The van der Waals surface area contributed by atoms with Crippen molar-refractivity contribution in [2.45, 2.75) is 70.6 Å². The number of morpholine rings is 1. The van der Waals surface area contributed by atoms with E-state index < -0.39 is 0 Å². The molecular formula is C15H30N2O. The van der Waals surface area contributed by atoms with E-state index in [2.05, 4.69) is 24.1 Å². The summed E-state index contributed by atoms with van der Waals surface area (Å²) in [5, 5.41) is 3.72. The van der Waals surface area contributed by atoms with E-state index in [4.69, 9.17) is 4.74 Å². The Morgan fingerprint density at radius 1 is 1.17 bits per heavy atom. The van der Waals surface area contributed by atoms with Gasteiger partial charge in [0.1, 0.15) is 0 Å². The van der Waals surface area contributed by atoms with E-state index in [9.17, 15) is 0 Å². The SMILES string of the molecule is CCNC1CCCCCC1N1CCOC(CC)C1. The second-order valence-corrected chi connectivity index (χ2v) is 5.77. The van der Waals surface area contributed by atoms with Crippen molar-refractivity contribution >= 4 is 0 Å². The van der Waals surface area contributed by atoms with Crippen LogP contribution < -0.4 is 5.32 Å². The lowest BCUT2D eigenvalue weighted by Crippen LogP contribution is -2.55. The fourth-order valence-corrected chi connectivity index (χ4v) is 3.52. The van der Waals surface area contributed by atoms with Crippen molar-refractivity contribution in [2.75, 3.05) is 26.2 Å². The molecule has 0 amide bonds. The van der Waals surface area contributed by atoms with Crippen molar-refractivity contribution in [1.29, 1.82) is 0 Å². The summed E-state index contributed by atoms with van der Waals surface area (Å²) >= 11 is 0. The van der Waals surface area contributed by atoms with E-state index in [1.807, 2.05) is 0 Å². The van der Waals surface area contributed by atoms with E-state index in [1.165, 1.54) is 32.1 Å². The highest BCUT2D eigenvalue weighted by atomic mass is 16.5. The minimum Gasteiger partial charge on any atom is -0.376 e. The van der Waals surface area contributed by atoms with Crippen LogP contribution in [0.4, 0.5) is 0 Å². The van der Waals surface area contributed by atoms with Gasteiger partial charge in [-0.3, -0.25) is 4.90 Å². The van der Waals surface area contributed by atoms with Gasteiger partial charge in [-0.05, 0) is 25.8 Å². The second kappa shape index (κ2) is 7.46. The highest BCUT2D eigenvalue weighted by Gasteiger charge is 2.31. The third-order valence-corrected chi connectivity index (χ3v) is 4.54. The monoisotopic (exact) mass is 254 g/mol. The molecule has 3 nitrogen and oxygen atoms in total. The lowest BCUT2D eigenvalue weighted by Gasteiger charge is -2.41. The average Bonchev–Trinajstić information content (AvgIpc) is 2.65. The van der Waals surface area contributed by atoms with Gasteiger partial charge in [0.15, 0.2) is 0 Å². The summed E-state index contributed by atoms with van der Waals surface area (Å²) < 4.78 is 5.81. The quantitative estimate of drug-likeness (QED) is 0.780. The van der Waals surface area contributed by atoms with E-state index in [0.717, 1.165) is 38.7 Å². The Hall–Kier alpha value is -0.120. The summed E-state index contributed by atoms with van der Waals surface area (Å²) in [6, 6.07) is 1.44. The number of ether oxygens (including phenoxy) is 1. The molecule has 3 atom stereocenters. The Bertz CT molecular complexity index is 235. The van der Waals surface area contributed by atoms with Crippen LogP contribution >= 0.6 is 0 Å². The molecule has 2 rings (SSSR count). The van der Waals surface area contributed by atoms with Crippen molar-refractivity contribution in [3.8, 4) is 0 Å². The zero-order chi connectivity index (χ0) is 12.8. The molecule has 1 heterocycles. The maximum absolute atomic E-state index is 5.81. The molecular weight excluding hydrogens is 224 g/mol. The molecule has 0 aromatic carbocycles. The predicted molar refractivity (Wildman–Crippen MR) is 75.9 cm³/mol. The van der Waals surface area contributed by atoms with E-state index in [0.29, 0.717) is 12.1 Å². The maximum Gasteiger partial charge on any atom is 0.0700 e. The minimum atomic E-state index is 0.462. The highest BCUT2D eigenvalue weighted by molar-refractivity contribution is 4.88. The Morgan fingerprint density at radius 2 is 2.00 bits per heavy atom. The van der Waals surface area contributed by atoms with Crippen molar-refractivity contribution in [3.63, 3.8) is 0 Å². The molecule has 0 radical (unpaired) electrons. The number of nitrogens with one attached hydrogen (secondary N) is 1. The molecule has 1 aliphatic heterocycles. The van der Waals surface area contributed by atoms with Crippen LogP contribution in [0.2, 0.25) is 0 Å². The summed E-state index contributed by atoms with van der Waals surface area (Å²) in [4.78, 5) is 2.70. The van der Waals surface area contributed by atoms with Gasteiger partial charge in [0.2, 0.25) is 0 Å². The first-order valence-corrected chi connectivity index (χ1v) is 7.94. The van der Waals surface area contributed by atoms with Crippen molar-refractivity contribution < 1.29 is 4.74 Å². The normalized spacial score (nSPS) is 35.3. The summed E-state index contributed by atoms with van der Waals surface area (Å²) in [5.74, 6) is 0. The van der Waals surface area contributed by atoms with Gasteiger partial charge in [-0.15, -0.1) is 0 Å². The standard InChI is InChI=1S/C15H30N2O/c1-3-13-12-17(10-11-18-13)15-9-7-5-6-8-14(15)16-4-2/h13-16H,3-12H2,1-2H3. The van der Waals surface area contributed by atoms with Gasteiger partial charge < -0.3 is 10.1 Å². The third-order valence-electron chi connectivity index (χ3n) is 4.54. The zero-order valence-corrected chi connectivity index (χ0v) is 12.2. The number of nitrogens with zero attached hydrogens (tertiary/aromatic N) is 1. The lowest BCUT2D eigenvalue weighted by molar-refractivity contribution is -0.0504. The maximum atomic E-state index is 5.81. The Labute approximate surface area is 112 Å². The Morgan fingerprint density at radius 3 is 2.78 bits per heavy atom. The average molecular weight is 254 g/mol. The molecule has 1 saturated heterocycles. The van der Waals surface area contributed by atoms with Crippen LogP contribution in [0.1, 0.15) is 52.4 Å². The first-order valence-electron chi connectivity index (χ1n) is 7.94. The molecule has 1 aliphatic carbocycles. The number of likely N-dealkylation sites (N-methyl/N-ethyl adjacent to an activating group) is 1. The molecule has 3 unspecified atom stereocenters. The Balaban J connectivity index is 1.97. The lowest BCUT2D eigenvalue weighted by atomic mass is 9.99. The molecule has 1 saturated carbocycles. The number of hydrogen-bond acceptors (Lipinski definition) is 3. The van der Waals surface area contributed by atoms with Crippen LogP contribution in [0.5, 0.6) is 0 Å². The fraction of sp³-hybridized carbons (Fsp3) is 1.00. The molecule has 106 valence electrons. The molecule has 0 aromatic heterocycles. The first-order chi connectivity index (χ1) is 8.85. The van der Waals surface area contributed by atoms with Gasteiger partial charge in [0, 0.05) is 25.2 Å². The van der Waals surface area contributed by atoms with Crippen molar-refractivity contribution in [3.05, 3.63) is 0 Å². The second-order valence-electron chi connectivity index (χ2n) is 5.77. The molecule has 0 aromatic rings. The topological polar surface area (TPSA) is 24.5 Å². The molecule has 0 bridgehead atoms. The fourth-order valence-electron chi connectivity index (χ4n) is 3.52. The van der Waals surface area contributed by atoms with Gasteiger partial charge >= 0.3 is 0 Å². The first kappa shape index (κ1) is 14.3. The Kier molecular flexibility index (Phi) is 5.93. The van der Waals surface area contributed by atoms with Crippen LogP contribution in [0.25, 0.3) is 0 Å². The third kappa shape index (κ3) is 3.69. The van der Waals surface area contributed by atoms with E-state index in [1.54, 1.807) is 0 Å². The zero-order valence-electron chi connectivity index (χ0n) is 12.2. The van der Waals surface area contributed by atoms with Gasteiger partial charge in [-0.25, -0.2) is 0 Å². The predicted octanol–water partition coefficient (Wildman–Crippen LogP) is 2.41. The van der Waals surface area contributed by atoms with Crippen molar-refractivity contribution in [2.24, 2.45) is 0 Å². The van der Waals surface area contributed by atoms with E-state index in [-0.39, 0.29) is 0 Å². The molecule has 3 heteroatoms. The summed E-state index contributed by atoms with van der Waals surface area (Å²) in [7, 11) is 0. The van der Waals surface area contributed by atoms with Crippen LogP contribution in [-0.2, 0) is 4.74 Å². The molecule has 2 aliphatic rings. The summed E-state index contributed by atoms with van der Waals surface area (Å²) in [6.45, 7) is 8.77. The van der Waals surface area contributed by atoms with Gasteiger partial charge in [-0.1, -0.05) is 33.1 Å². The smallest absolute Gasteiger partial charge is 0.0700 e. The van der Waals surface area contributed by atoms with Gasteiger partial charge in [0.25, 0.3) is 0 Å². The minimum absolute atomic E-state index is 0.462. The largest absolute Gasteiger partial charge is 0.376 e. The van der Waals surface area contributed by atoms with Gasteiger partial charge in [0.05, 0.1) is 12.7 Å². The van der Waals surface area contributed by atoms with Gasteiger partial charge in [-0.2, -0.15) is 0 Å². The summed E-state index contributed by atoms with van der Waals surface area (Å²) in [5.41, 5.74) is 0. The molecule has 2 fully saturated rings. The molecule has 0 spiro atoms. The van der Waals surface area contributed by atoms with Crippen LogP contribution in [0.15, 0.2) is 0 Å².